The number of amides is 1. The van der Waals surface area contributed by atoms with Crippen molar-refractivity contribution in [3.05, 3.63) is 88.5 Å². The molecular weight excluding hydrogens is 436 g/mol. The molecule has 0 unspecified atom stereocenters. The molecule has 1 amide bonds. The van der Waals surface area contributed by atoms with Crippen LogP contribution in [0.3, 0.4) is 0 Å². The van der Waals surface area contributed by atoms with Crippen molar-refractivity contribution in [3.8, 4) is 5.75 Å². The number of ether oxygens (including phenoxy) is 1. The van der Waals surface area contributed by atoms with E-state index < -0.39 is 15.9 Å². The fraction of sp³-hybridized carbons (Fsp3) is 0.269. The first-order chi connectivity index (χ1) is 15.6. The van der Waals surface area contributed by atoms with Crippen LogP contribution in [0.15, 0.2) is 65.6 Å². The predicted molar refractivity (Wildman–Crippen MR) is 131 cm³/mol. The molecule has 174 valence electrons. The van der Waals surface area contributed by atoms with Crippen LogP contribution in [0.1, 0.15) is 27.8 Å². The van der Waals surface area contributed by atoms with Crippen LogP contribution in [0.4, 0.5) is 5.69 Å². The standard InChI is InChI=1S/C26H30N2O4S/c1-18-6-8-22(9-7-18)16-28(17-25(29)27-23-10-12-24(32-5)13-11-23)33(30,31)26-20(3)14-19(2)15-21(26)4/h6-15H,16-17H2,1-5H3,(H,27,29). The molecule has 0 heterocycles. The molecule has 0 radical (unpaired) electrons. The lowest BCUT2D eigenvalue weighted by atomic mass is 10.1. The topological polar surface area (TPSA) is 75.7 Å². The number of carbonyl (C=O) groups excluding carboxylic acids is 1. The summed E-state index contributed by atoms with van der Waals surface area (Å²) in [4.78, 5) is 13.1. The van der Waals surface area contributed by atoms with Gasteiger partial charge in [0.1, 0.15) is 5.75 Å². The van der Waals surface area contributed by atoms with Crippen molar-refractivity contribution in [2.45, 2.75) is 39.1 Å². The van der Waals surface area contributed by atoms with E-state index in [9.17, 15) is 13.2 Å². The molecule has 6 nitrogen and oxygen atoms in total. The lowest BCUT2D eigenvalue weighted by Gasteiger charge is -2.24. The van der Waals surface area contributed by atoms with Crippen LogP contribution >= 0.6 is 0 Å². The number of rotatable bonds is 8. The second-order valence-electron chi connectivity index (χ2n) is 8.26. The number of sulfonamides is 1. The number of aryl methyl sites for hydroxylation is 4. The van der Waals surface area contributed by atoms with Crippen molar-refractivity contribution < 1.29 is 17.9 Å². The molecule has 0 spiro atoms. The third-order valence-electron chi connectivity index (χ3n) is 5.38. The average Bonchev–Trinajstić information content (AvgIpc) is 2.74. The summed E-state index contributed by atoms with van der Waals surface area (Å²) in [5.74, 6) is 0.250. The summed E-state index contributed by atoms with van der Waals surface area (Å²) >= 11 is 0. The first-order valence-electron chi connectivity index (χ1n) is 10.7. The highest BCUT2D eigenvalue weighted by Crippen LogP contribution is 2.27. The minimum absolute atomic E-state index is 0.0887. The largest absolute Gasteiger partial charge is 0.497 e. The minimum Gasteiger partial charge on any atom is -0.497 e. The van der Waals surface area contributed by atoms with E-state index in [0.29, 0.717) is 22.6 Å². The van der Waals surface area contributed by atoms with Crippen LogP contribution in [0.2, 0.25) is 0 Å². The van der Waals surface area contributed by atoms with Crippen LogP contribution in [-0.2, 0) is 21.4 Å². The number of hydrogen-bond donors (Lipinski definition) is 1. The Hall–Kier alpha value is -3.16. The molecule has 3 aromatic rings. The lowest BCUT2D eigenvalue weighted by molar-refractivity contribution is -0.116. The number of hydrogen-bond acceptors (Lipinski definition) is 4. The highest BCUT2D eigenvalue weighted by Gasteiger charge is 2.30. The Morgan fingerprint density at radius 2 is 1.45 bits per heavy atom. The van der Waals surface area contributed by atoms with Gasteiger partial charge in [-0.1, -0.05) is 47.5 Å². The number of carbonyl (C=O) groups is 1. The predicted octanol–water partition coefficient (Wildman–Crippen LogP) is 4.76. The third kappa shape index (κ3) is 6.00. The van der Waals surface area contributed by atoms with Gasteiger partial charge in [-0.15, -0.1) is 0 Å². The van der Waals surface area contributed by atoms with Gasteiger partial charge in [0.05, 0.1) is 18.6 Å². The molecule has 0 saturated carbocycles. The van der Waals surface area contributed by atoms with E-state index in [2.05, 4.69) is 5.32 Å². The molecule has 0 saturated heterocycles. The van der Waals surface area contributed by atoms with Gasteiger partial charge in [-0.3, -0.25) is 4.79 Å². The van der Waals surface area contributed by atoms with Gasteiger partial charge in [0.25, 0.3) is 0 Å². The highest BCUT2D eigenvalue weighted by atomic mass is 32.2. The Balaban J connectivity index is 1.93. The maximum absolute atomic E-state index is 13.8. The van der Waals surface area contributed by atoms with Gasteiger partial charge in [0.15, 0.2) is 0 Å². The van der Waals surface area contributed by atoms with E-state index in [0.717, 1.165) is 16.7 Å². The number of methoxy groups -OCH3 is 1. The fourth-order valence-corrected chi connectivity index (χ4v) is 5.66. The molecule has 0 aromatic heterocycles. The molecule has 0 fully saturated rings. The third-order valence-corrected chi connectivity index (χ3v) is 7.47. The van der Waals surface area contributed by atoms with Crippen LogP contribution in [-0.4, -0.2) is 32.3 Å². The van der Waals surface area contributed by atoms with Gasteiger partial charge in [-0.2, -0.15) is 4.31 Å². The van der Waals surface area contributed by atoms with Crippen LogP contribution in [0.25, 0.3) is 0 Å². The summed E-state index contributed by atoms with van der Waals surface area (Å²) in [6.07, 6.45) is 0. The minimum atomic E-state index is -3.93. The molecule has 0 atom stereocenters. The normalized spacial score (nSPS) is 11.5. The van der Waals surface area contributed by atoms with Gasteiger partial charge in [-0.05, 0) is 68.7 Å². The van der Waals surface area contributed by atoms with Crippen molar-refractivity contribution in [2.24, 2.45) is 0 Å². The van der Waals surface area contributed by atoms with Gasteiger partial charge >= 0.3 is 0 Å². The maximum Gasteiger partial charge on any atom is 0.244 e. The van der Waals surface area contributed by atoms with E-state index >= 15 is 0 Å². The van der Waals surface area contributed by atoms with E-state index in [-0.39, 0.29) is 18.0 Å². The molecule has 0 aliphatic carbocycles. The van der Waals surface area contributed by atoms with Crippen LogP contribution in [0, 0.1) is 27.7 Å². The second-order valence-corrected chi connectivity index (χ2v) is 10.1. The monoisotopic (exact) mass is 466 g/mol. The van der Waals surface area contributed by atoms with Crippen molar-refractivity contribution in [1.82, 2.24) is 4.31 Å². The van der Waals surface area contributed by atoms with Gasteiger partial charge in [-0.25, -0.2) is 8.42 Å². The molecule has 7 heteroatoms. The first-order valence-corrected chi connectivity index (χ1v) is 12.1. The summed E-state index contributed by atoms with van der Waals surface area (Å²) in [6.45, 7) is 7.26. The van der Waals surface area contributed by atoms with Crippen molar-refractivity contribution in [1.29, 1.82) is 0 Å². The summed E-state index contributed by atoms with van der Waals surface area (Å²) in [5.41, 5.74) is 4.77. The molecule has 0 bridgehead atoms. The second kappa shape index (κ2) is 10.2. The Morgan fingerprint density at radius 1 is 0.879 bits per heavy atom. The zero-order chi connectivity index (χ0) is 24.2. The maximum atomic E-state index is 13.8. The van der Waals surface area contributed by atoms with E-state index in [4.69, 9.17) is 4.74 Å². The van der Waals surface area contributed by atoms with Crippen LogP contribution in [0.5, 0.6) is 5.75 Å². The average molecular weight is 467 g/mol. The number of nitrogens with zero attached hydrogens (tertiary/aromatic N) is 1. The zero-order valence-corrected chi connectivity index (χ0v) is 20.5. The summed E-state index contributed by atoms with van der Waals surface area (Å²) in [5, 5.41) is 2.78. The Kier molecular flexibility index (Phi) is 7.56. The summed E-state index contributed by atoms with van der Waals surface area (Å²) < 4.78 is 33.9. The van der Waals surface area contributed by atoms with Crippen LogP contribution < -0.4 is 10.1 Å². The Labute approximate surface area is 196 Å². The smallest absolute Gasteiger partial charge is 0.244 e. The van der Waals surface area contributed by atoms with Gasteiger partial charge in [0, 0.05) is 12.2 Å². The molecule has 1 N–H and O–H groups in total. The Bertz CT molecular complexity index is 1210. The van der Waals surface area contributed by atoms with Gasteiger partial charge in [0.2, 0.25) is 15.9 Å². The number of anilines is 1. The van der Waals surface area contributed by atoms with E-state index in [1.165, 1.54) is 4.31 Å². The van der Waals surface area contributed by atoms with Crippen molar-refractivity contribution in [2.75, 3.05) is 19.0 Å². The number of nitrogens with one attached hydrogen (secondary N) is 1. The van der Waals surface area contributed by atoms with Crippen molar-refractivity contribution >= 4 is 21.6 Å². The molecule has 3 aromatic carbocycles. The summed E-state index contributed by atoms with van der Waals surface area (Å²) in [6, 6.07) is 18.2. The van der Waals surface area contributed by atoms with E-state index in [1.54, 1.807) is 45.2 Å². The lowest BCUT2D eigenvalue weighted by Crippen LogP contribution is -2.38. The first kappa shape index (κ1) is 24.5. The van der Waals surface area contributed by atoms with Crippen molar-refractivity contribution in [3.63, 3.8) is 0 Å². The molecule has 3 rings (SSSR count). The zero-order valence-electron chi connectivity index (χ0n) is 19.7. The highest BCUT2D eigenvalue weighted by molar-refractivity contribution is 7.89. The molecule has 33 heavy (non-hydrogen) atoms. The Morgan fingerprint density at radius 3 is 2.00 bits per heavy atom. The fourth-order valence-electron chi connectivity index (χ4n) is 3.86. The molecule has 0 aliphatic heterocycles. The molecule has 0 aliphatic rings. The van der Waals surface area contributed by atoms with Gasteiger partial charge < -0.3 is 10.1 Å². The number of benzene rings is 3. The SMILES string of the molecule is COc1ccc(NC(=O)CN(Cc2ccc(C)cc2)S(=O)(=O)c2c(C)cc(C)cc2C)cc1. The molecular formula is C26H30N2O4S. The quantitative estimate of drug-likeness (QED) is 0.519. The summed E-state index contributed by atoms with van der Waals surface area (Å²) in [7, 11) is -2.37. The van der Waals surface area contributed by atoms with E-state index in [1.807, 2.05) is 50.2 Å².